The molecule has 3 atom stereocenters. The molecule has 1 rings (SSSR count). The van der Waals surface area contributed by atoms with Crippen molar-refractivity contribution in [3.8, 4) is 0 Å². The van der Waals surface area contributed by atoms with Crippen LogP contribution < -0.4 is 0 Å². The molecule has 32 heavy (non-hydrogen) atoms. The third kappa shape index (κ3) is 8.96. The number of hydrogen-bond donors (Lipinski definition) is 6. The van der Waals surface area contributed by atoms with Gasteiger partial charge in [-0.1, -0.05) is 0 Å². The first-order valence-corrected chi connectivity index (χ1v) is 11.0. The SMILES string of the molecule is O=C(O)C(CCO)N1CCCCN(C(CCO)C(=O)O)CCN(C(CCO)C(=O)O)CC1. The molecule has 0 radical (unpaired) electrons. The summed E-state index contributed by atoms with van der Waals surface area (Å²) in [5, 5.41) is 56.7. The van der Waals surface area contributed by atoms with Gasteiger partial charge in [0, 0.05) is 46.0 Å². The van der Waals surface area contributed by atoms with Gasteiger partial charge in [0.1, 0.15) is 18.1 Å². The molecule has 0 amide bonds. The van der Waals surface area contributed by atoms with Gasteiger partial charge in [0.05, 0.1) is 0 Å². The molecule has 0 aromatic carbocycles. The molecule has 6 N–H and O–H groups in total. The summed E-state index contributed by atoms with van der Waals surface area (Å²) in [5.74, 6) is -3.26. The molecule has 0 bridgehead atoms. The second-order valence-electron chi connectivity index (χ2n) is 7.91. The van der Waals surface area contributed by atoms with Crippen molar-refractivity contribution >= 4 is 17.9 Å². The Balaban J connectivity index is 3.16. The molecule has 12 heteroatoms. The number of hydrogen-bond acceptors (Lipinski definition) is 9. The highest BCUT2D eigenvalue weighted by atomic mass is 16.4. The molecule has 1 heterocycles. The second kappa shape index (κ2) is 15.1. The van der Waals surface area contributed by atoms with Crippen molar-refractivity contribution in [1.82, 2.24) is 14.7 Å². The van der Waals surface area contributed by atoms with E-state index in [0.29, 0.717) is 25.9 Å². The van der Waals surface area contributed by atoms with Crippen LogP contribution in [0.15, 0.2) is 0 Å². The van der Waals surface area contributed by atoms with E-state index in [2.05, 4.69) is 0 Å². The maximum absolute atomic E-state index is 11.8. The summed E-state index contributed by atoms with van der Waals surface area (Å²) in [4.78, 5) is 40.3. The van der Waals surface area contributed by atoms with E-state index in [1.807, 2.05) is 0 Å². The molecule has 0 aromatic heterocycles. The van der Waals surface area contributed by atoms with Gasteiger partial charge in [-0.2, -0.15) is 0 Å². The summed E-state index contributed by atoms with van der Waals surface area (Å²) < 4.78 is 0. The first-order valence-electron chi connectivity index (χ1n) is 11.0. The summed E-state index contributed by atoms with van der Waals surface area (Å²) in [6.45, 7) is 0.781. The van der Waals surface area contributed by atoms with Gasteiger partial charge in [-0.3, -0.25) is 29.1 Å². The minimum atomic E-state index is -1.12. The molecule has 0 aliphatic carbocycles. The van der Waals surface area contributed by atoms with E-state index in [9.17, 15) is 45.0 Å². The predicted molar refractivity (Wildman–Crippen MR) is 113 cm³/mol. The standard InChI is InChI=1S/C20H37N3O9/c24-12-3-15(18(27)28)21-6-1-2-7-22(16(4-13-25)19(29)30)9-11-23(10-8-21)17(5-14-26)20(31)32/h15-17,24-26H,1-14H2,(H,27,28)(H,29,30)(H,31,32). The van der Waals surface area contributed by atoms with Gasteiger partial charge in [0.2, 0.25) is 0 Å². The van der Waals surface area contributed by atoms with E-state index in [1.165, 1.54) is 0 Å². The molecule has 0 saturated carbocycles. The van der Waals surface area contributed by atoms with E-state index in [4.69, 9.17) is 0 Å². The van der Waals surface area contributed by atoms with Crippen LogP contribution in [0, 0.1) is 0 Å². The molecule has 1 saturated heterocycles. The monoisotopic (exact) mass is 463 g/mol. The predicted octanol–water partition coefficient (Wildman–Crippen LogP) is -1.81. The summed E-state index contributed by atoms with van der Waals surface area (Å²) >= 11 is 0. The van der Waals surface area contributed by atoms with E-state index in [-0.39, 0.29) is 65.3 Å². The molecule has 0 spiro atoms. The van der Waals surface area contributed by atoms with Gasteiger partial charge < -0.3 is 30.6 Å². The highest BCUT2D eigenvalue weighted by Gasteiger charge is 2.31. The Morgan fingerprint density at radius 2 is 0.781 bits per heavy atom. The van der Waals surface area contributed by atoms with Gasteiger partial charge in [-0.05, 0) is 45.2 Å². The third-order valence-electron chi connectivity index (χ3n) is 5.87. The quantitative estimate of drug-likeness (QED) is 0.191. The van der Waals surface area contributed by atoms with E-state index < -0.39 is 36.0 Å². The molecule has 0 aromatic rings. The van der Waals surface area contributed by atoms with Crippen LogP contribution in [0.25, 0.3) is 0 Å². The van der Waals surface area contributed by atoms with Crippen LogP contribution in [0.3, 0.4) is 0 Å². The molecule has 3 unspecified atom stereocenters. The lowest BCUT2D eigenvalue weighted by Gasteiger charge is -2.34. The Hall–Kier alpha value is -1.83. The topological polar surface area (TPSA) is 182 Å². The molecular weight excluding hydrogens is 426 g/mol. The summed E-state index contributed by atoms with van der Waals surface area (Å²) in [6, 6.07) is -2.84. The molecular formula is C20H37N3O9. The number of aliphatic carboxylic acids is 3. The van der Waals surface area contributed by atoms with Crippen LogP contribution in [0.1, 0.15) is 32.1 Å². The molecule has 1 fully saturated rings. The fraction of sp³-hybridized carbons (Fsp3) is 0.850. The molecule has 1 aliphatic rings. The largest absolute Gasteiger partial charge is 0.480 e. The van der Waals surface area contributed by atoms with Crippen molar-refractivity contribution in [3.63, 3.8) is 0 Å². The Morgan fingerprint density at radius 3 is 1.00 bits per heavy atom. The summed E-state index contributed by atoms with van der Waals surface area (Å²) in [5.41, 5.74) is 0. The minimum absolute atomic E-state index is 0.0205. The van der Waals surface area contributed by atoms with Crippen LogP contribution in [-0.4, -0.2) is 140 Å². The van der Waals surface area contributed by atoms with Gasteiger partial charge in [0.15, 0.2) is 0 Å². The number of rotatable bonds is 12. The average molecular weight is 464 g/mol. The van der Waals surface area contributed by atoms with E-state index in [1.54, 1.807) is 14.7 Å². The Bertz CT molecular complexity index is 555. The maximum Gasteiger partial charge on any atom is 0.321 e. The Morgan fingerprint density at radius 1 is 0.531 bits per heavy atom. The second-order valence-corrected chi connectivity index (χ2v) is 7.91. The third-order valence-corrected chi connectivity index (χ3v) is 5.87. The lowest BCUT2D eigenvalue weighted by molar-refractivity contribution is -0.147. The van der Waals surface area contributed by atoms with Crippen LogP contribution >= 0.6 is 0 Å². The first kappa shape index (κ1) is 28.2. The first-order chi connectivity index (χ1) is 15.3. The molecule has 186 valence electrons. The van der Waals surface area contributed by atoms with Gasteiger partial charge in [-0.25, -0.2) is 0 Å². The van der Waals surface area contributed by atoms with Crippen molar-refractivity contribution in [3.05, 3.63) is 0 Å². The fourth-order valence-corrected chi connectivity index (χ4v) is 4.17. The number of carboxylic acid groups (broad SMARTS) is 3. The van der Waals surface area contributed by atoms with E-state index >= 15 is 0 Å². The number of carbonyl (C=O) groups is 3. The maximum atomic E-state index is 11.8. The zero-order chi connectivity index (χ0) is 24.1. The van der Waals surface area contributed by atoms with Crippen molar-refractivity contribution in [2.75, 3.05) is 59.1 Å². The zero-order valence-electron chi connectivity index (χ0n) is 18.4. The molecule has 12 nitrogen and oxygen atoms in total. The minimum Gasteiger partial charge on any atom is -0.480 e. The van der Waals surface area contributed by atoms with Crippen molar-refractivity contribution in [1.29, 1.82) is 0 Å². The summed E-state index contributed by atoms with van der Waals surface area (Å²) in [7, 11) is 0. The zero-order valence-corrected chi connectivity index (χ0v) is 18.4. The van der Waals surface area contributed by atoms with Crippen LogP contribution in [0.5, 0.6) is 0 Å². The van der Waals surface area contributed by atoms with Gasteiger partial charge in [0.25, 0.3) is 0 Å². The molecule has 1 aliphatic heterocycles. The average Bonchev–Trinajstić information content (AvgIpc) is 2.78. The number of aliphatic hydroxyl groups excluding tert-OH is 3. The van der Waals surface area contributed by atoms with Crippen LogP contribution in [0.2, 0.25) is 0 Å². The van der Waals surface area contributed by atoms with Crippen molar-refractivity contribution in [2.24, 2.45) is 0 Å². The fourth-order valence-electron chi connectivity index (χ4n) is 4.17. The highest BCUT2D eigenvalue weighted by Crippen LogP contribution is 2.15. The normalized spacial score (nSPS) is 20.7. The van der Waals surface area contributed by atoms with Crippen LogP contribution in [-0.2, 0) is 14.4 Å². The van der Waals surface area contributed by atoms with Crippen LogP contribution in [0.4, 0.5) is 0 Å². The highest BCUT2D eigenvalue weighted by molar-refractivity contribution is 5.74. The Labute approximate surface area is 187 Å². The van der Waals surface area contributed by atoms with Crippen molar-refractivity contribution < 1.29 is 45.0 Å². The smallest absolute Gasteiger partial charge is 0.321 e. The van der Waals surface area contributed by atoms with Gasteiger partial charge >= 0.3 is 17.9 Å². The lowest BCUT2D eigenvalue weighted by atomic mass is 10.1. The number of carboxylic acids is 3. The summed E-state index contributed by atoms with van der Waals surface area (Å²) in [6.07, 6.45) is 1.25. The number of aliphatic hydroxyl groups is 3. The van der Waals surface area contributed by atoms with E-state index in [0.717, 1.165) is 0 Å². The van der Waals surface area contributed by atoms with Crippen molar-refractivity contribution in [2.45, 2.75) is 50.2 Å². The van der Waals surface area contributed by atoms with Gasteiger partial charge in [-0.15, -0.1) is 0 Å². The lowest BCUT2D eigenvalue weighted by Crippen LogP contribution is -2.51. The Kier molecular flexibility index (Phi) is 13.3. The number of nitrogens with zero attached hydrogens (tertiary/aromatic N) is 3.